The van der Waals surface area contributed by atoms with Crippen LogP contribution < -0.4 is 5.32 Å². The quantitative estimate of drug-likeness (QED) is 0.747. The zero-order valence-corrected chi connectivity index (χ0v) is 10.3. The van der Waals surface area contributed by atoms with Crippen LogP contribution in [0.3, 0.4) is 0 Å². The van der Waals surface area contributed by atoms with E-state index in [2.05, 4.69) is 24.1 Å². The molecule has 2 nitrogen and oxygen atoms in total. The lowest BCUT2D eigenvalue weighted by Gasteiger charge is -2.33. The molecule has 1 N–H and O–H groups in total. The van der Waals surface area contributed by atoms with Gasteiger partial charge in [-0.05, 0) is 50.6 Å². The molecule has 1 aliphatic carbocycles. The summed E-state index contributed by atoms with van der Waals surface area (Å²) in [6, 6.07) is 0.873. The number of hydrogen-bond acceptors (Lipinski definition) is 2. The molecule has 0 spiro atoms. The molecule has 2 aliphatic rings. The standard InChI is InChI=1S/C13H26N2/c1-11(2)12-5-8-15(9-6-12)10-7-14-13-3-4-13/h11-14H,3-10H2,1-2H3. The summed E-state index contributed by atoms with van der Waals surface area (Å²) in [6.07, 6.45) is 5.66. The van der Waals surface area contributed by atoms with Crippen molar-refractivity contribution in [1.29, 1.82) is 0 Å². The first-order valence-electron chi connectivity index (χ1n) is 6.71. The largest absolute Gasteiger partial charge is 0.313 e. The molecule has 1 saturated heterocycles. The van der Waals surface area contributed by atoms with E-state index in [4.69, 9.17) is 0 Å². The summed E-state index contributed by atoms with van der Waals surface area (Å²) < 4.78 is 0. The van der Waals surface area contributed by atoms with Crippen molar-refractivity contribution in [1.82, 2.24) is 10.2 Å². The van der Waals surface area contributed by atoms with Crippen LogP contribution in [0.2, 0.25) is 0 Å². The Balaban J connectivity index is 1.56. The Morgan fingerprint density at radius 2 is 1.80 bits per heavy atom. The minimum atomic E-state index is 0.873. The summed E-state index contributed by atoms with van der Waals surface area (Å²) in [4.78, 5) is 2.63. The van der Waals surface area contributed by atoms with E-state index < -0.39 is 0 Å². The molecular weight excluding hydrogens is 184 g/mol. The normalized spacial score (nSPS) is 25.0. The molecule has 0 amide bonds. The van der Waals surface area contributed by atoms with E-state index in [0.717, 1.165) is 17.9 Å². The van der Waals surface area contributed by atoms with Crippen LogP contribution in [-0.4, -0.2) is 37.1 Å². The molecule has 0 atom stereocenters. The molecule has 1 saturated carbocycles. The molecular formula is C13H26N2. The zero-order chi connectivity index (χ0) is 10.7. The first kappa shape index (κ1) is 11.4. The van der Waals surface area contributed by atoms with Gasteiger partial charge in [0, 0.05) is 19.1 Å². The second-order valence-electron chi connectivity index (χ2n) is 5.65. The van der Waals surface area contributed by atoms with E-state index >= 15 is 0 Å². The molecule has 1 heterocycles. The van der Waals surface area contributed by atoms with Crippen molar-refractivity contribution < 1.29 is 0 Å². The Kier molecular flexibility index (Phi) is 4.04. The van der Waals surface area contributed by atoms with Crippen molar-refractivity contribution in [3.05, 3.63) is 0 Å². The van der Waals surface area contributed by atoms with Gasteiger partial charge >= 0.3 is 0 Å². The van der Waals surface area contributed by atoms with Crippen molar-refractivity contribution in [3.8, 4) is 0 Å². The van der Waals surface area contributed by atoms with Gasteiger partial charge in [-0.3, -0.25) is 0 Å². The highest BCUT2D eigenvalue weighted by molar-refractivity contribution is 4.81. The van der Waals surface area contributed by atoms with Gasteiger partial charge in [0.15, 0.2) is 0 Å². The van der Waals surface area contributed by atoms with E-state index in [1.807, 2.05) is 0 Å². The third-order valence-corrected chi connectivity index (χ3v) is 4.01. The lowest BCUT2D eigenvalue weighted by Crippen LogP contribution is -2.39. The minimum Gasteiger partial charge on any atom is -0.313 e. The van der Waals surface area contributed by atoms with Crippen LogP contribution in [0.5, 0.6) is 0 Å². The molecule has 0 aromatic heterocycles. The summed E-state index contributed by atoms with van der Waals surface area (Å²) in [6.45, 7) is 9.87. The van der Waals surface area contributed by atoms with E-state index in [1.54, 1.807) is 0 Å². The summed E-state index contributed by atoms with van der Waals surface area (Å²) in [5.74, 6) is 1.87. The number of likely N-dealkylation sites (tertiary alicyclic amines) is 1. The van der Waals surface area contributed by atoms with Gasteiger partial charge in [0.2, 0.25) is 0 Å². The summed E-state index contributed by atoms with van der Waals surface area (Å²) >= 11 is 0. The molecule has 0 aromatic rings. The topological polar surface area (TPSA) is 15.3 Å². The van der Waals surface area contributed by atoms with Crippen LogP contribution in [0.25, 0.3) is 0 Å². The Morgan fingerprint density at radius 3 is 2.33 bits per heavy atom. The molecule has 0 unspecified atom stereocenters. The van der Waals surface area contributed by atoms with Crippen molar-refractivity contribution in [2.24, 2.45) is 11.8 Å². The molecule has 0 bridgehead atoms. The molecule has 1 aliphatic heterocycles. The predicted molar refractivity (Wildman–Crippen MR) is 65.0 cm³/mol. The molecule has 2 heteroatoms. The molecule has 2 fully saturated rings. The fraction of sp³-hybridized carbons (Fsp3) is 1.00. The van der Waals surface area contributed by atoms with E-state index in [0.29, 0.717) is 0 Å². The van der Waals surface area contributed by atoms with Crippen LogP contribution in [0.4, 0.5) is 0 Å². The van der Waals surface area contributed by atoms with Crippen LogP contribution in [0, 0.1) is 11.8 Å². The number of nitrogens with zero attached hydrogens (tertiary/aromatic N) is 1. The summed E-state index contributed by atoms with van der Waals surface area (Å²) in [5, 5.41) is 3.60. The van der Waals surface area contributed by atoms with Crippen molar-refractivity contribution >= 4 is 0 Å². The Bertz CT molecular complexity index is 176. The Hall–Kier alpha value is -0.0800. The molecule has 2 rings (SSSR count). The van der Waals surface area contributed by atoms with Gasteiger partial charge in [-0.15, -0.1) is 0 Å². The molecule has 0 aromatic carbocycles. The maximum Gasteiger partial charge on any atom is 0.0107 e. The van der Waals surface area contributed by atoms with Crippen LogP contribution in [0.1, 0.15) is 39.5 Å². The first-order chi connectivity index (χ1) is 7.25. The molecule has 0 radical (unpaired) electrons. The average Bonchev–Trinajstić information content (AvgIpc) is 3.02. The van der Waals surface area contributed by atoms with E-state index in [9.17, 15) is 0 Å². The molecule has 88 valence electrons. The maximum absolute atomic E-state index is 3.60. The summed E-state index contributed by atoms with van der Waals surface area (Å²) in [5.41, 5.74) is 0. The van der Waals surface area contributed by atoms with Crippen LogP contribution in [-0.2, 0) is 0 Å². The predicted octanol–water partition coefficient (Wildman–Crippen LogP) is 2.11. The van der Waals surface area contributed by atoms with Gasteiger partial charge in [0.25, 0.3) is 0 Å². The lowest BCUT2D eigenvalue weighted by atomic mass is 9.87. The van der Waals surface area contributed by atoms with E-state index in [-0.39, 0.29) is 0 Å². The highest BCUT2D eigenvalue weighted by atomic mass is 15.1. The SMILES string of the molecule is CC(C)C1CCN(CCNC2CC2)CC1. The lowest BCUT2D eigenvalue weighted by molar-refractivity contribution is 0.158. The van der Waals surface area contributed by atoms with Gasteiger partial charge in [0.1, 0.15) is 0 Å². The number of piperidine rings is 1. The van der Waals surface area contributed by atoms with Crippen molar-refractivity contribution in [3.63, 3.8) is 0 Å². The Labute approximate surface area is 94.4 Å². The Morgan fingerprint density at radius 1 is 1.13 bits per heavy atom. The van der Waals surface area contributed by atoms with E-state index in [1.165, 1.54) is 51.9 Å². The fourth-order valence-corrected chi connectivity index (χ4v) is 2.56. The van der Waals surface area contributed by atoms with Gasteiger partial charge in [-0.2, -0.15) is 0 Å². The molecule has 15 heavy (non-hydrogen) atoms. The first-order valence-corrected chi connectivity index (χ1v) is 6.71. The number of nitrogens with one attached hydrogen (secondary N) is 1. The second kappa shape index (κ2) is 5.31. The van der Waals surface area contributed by atoms with Gasteiger partial charge in [-0.25, -0.2) is 0 Å². The van der Waals surface area contributed by atoms with Crippen LogP contribution >= 0.6 is 0 Å². The fourth-order valence-electron chi connectivity index (χ4n) is 2.56. The van der Waals surface area contributed by atoms with Gasteiger partial charge in [0.05, 0.1) is 0 Å². The number of hydrogen-bond donors (Lipinski definition) is 1. The van der Waals surface area contributed by atoms with Crippen molar-refractivity contribution in [2.45, 2.75) is 45.6 Å². The third-order valence-electron chi connectivity index (χ3n) is 4.01. The highest BCUT2D eigenvalue weighted by Gasteiger charge is 2.23. The minimum absolute atomic E-state index is 0.873. The highest BCUT2D eigenvalue weighted by Crippen LogP contribution is 2.24. The zero-order valence-electron chi connectivity index (χ0n) is 10.3. The maximum atomic E-state index is 3.60. The number of rotatable bonds is 5. The van der Waals surface area contributed by atoms with Crippen molar-refractivity contribution in [2.75, 3.05) is 26.2 Å². The summed E-state index contributed by atoms with van der Waals surface area (Å²) in [7, 11) is 0. The average molecular weight is 210 g/mol. The second-order valence-corrected chi connectivity index (χ2v) is 5.65. The smallest absolute Gasteiger partial charge is 0.0107 e. The van der Waals surface area contributed by atoms with Gasteiger partial charge in [-0.1, -0.05) is 13.8 Å². The third kappa shape index (κ3) is 3.76. The monoisotopic (exact) mass is 210 g/mol. The van der Waals surface area contributed by atoms with Gasteiger partial charge < -0.3 is 10.2 Å². The van der Waals surface area contributed by atoms with Crippen LogP contribution in [0.15, 0.2) is 0 Å².